The number of aromatic hydroxyl groups is 3. The molecule has 1 aliphatic carbocycles. The van der Waals surface area contributed by atoms with Gasteiger partial charge in [0.1, 0.15) is 34.7 Å². The number of benzene rings is 5. The van der Waals surface area contributed by atoms with E-state index in [-0.39, 0.29) is 35.0 Å². The highest BCUT2D eigenvalue weighted by atomic mass is 16.5. The number of likely N-dealkylation sites (tertiary alicyclic amines) is 3. The van der Waals surface area contributed by atoms with Crippen LogP contribution in [-0.4, -0.2) is 282 Å². The minimum atomic E-state index is -0.0338. The predicted molar refractivity (Wildman–Crippen MR) is 477 cm³/mol. The van der Waals surface area contributed by atoms with Gasteiger partial charge in [0.2, 0.25) is 17.7 Å². The third kappa shape index (κ3) is 20.0. The van der Waals surface area contributed by atoms with Crippen LogP contribution in [-0.2, 0) is 58.0 Å². The van der Waals surface area contributed by atoms with Gasteiger partial charge in [0.25, 0.3) is 0 Å². The van der Waals surface area contributed by atoms with E-state index in [0.717, 1.165) is 205 Å². The van der Waals surface area contributed by atoms with E-state index in [1.807, 2.05) is 81.4 Å². The van der Waals surface area contributed by atoms with Crippen LogP contribution in [0, 0.1) is 18.8 Å². The quantitative estimate of drug-likeness (QED) is 0.0355. The van der Waals surface area contributed by atoms with Gasteiger partial charge in [-0.3, -0.25) is 19.3 Å². The molecule has 3 aromatic heterocycles. The molecule has 9 aliphatic heterocycles. The van der Waals surface area contributed by atoms with Gasteiger partial charge < -0.3 is 88.2 Å². The summed E-state index contributed by atoms with van der Waals surface area (Å²) in [6.45, 7) is 36.4. The Morgan fingerprint density at radius 3 is 1.36 bits per heavy atom. The van der Waals surface area contributed by atoms with Crippen molar-refractivity contribution in [1.29, 1.82) is 0 Å². The minimum Gasteiger partial charge on any atom is -0.508 e. The van der Waals surface area contributed by atoms with Gasteiger partial charge in [-0.2, -0.15) is 29.9 Å². The Kier molecular flexibility index (Phi) is 27.3. The highest BCUT2D eigenvalue weighted by molar-refractivity contribution is 5.97. The summed E-state index contributed by atoms with van der Waals surface area (Å²) in [6, 6.07) is 31.2. The molecule has 2 bridgehead atoms. The van der Waals surface area contributed by atoms with Crippen molar-refractivity contribution in [1.82, 2.24) is 59.3 Å². The van der Waals surface area contributed by atoms with Crippen molar-refractivity contribution >= 4 is 73.8 Å². The molecule has 18 rings (SSSR count). The molecular weight excluding hydrogens is 1540 g/mol. The average molecular weight is 1660 g/mol. The Bertz CT molecular complexity index is 5040. The Hall–Kier alpha value is -11.1. The SMILES string of the molecule is C=CC(=O)N1CCN(c2nc(OCC3CCN(CCOC)C3)nc3c2CCN(c2cc(O)cc4ccccc24)C3)CC1.C=CC(=O)N1CCN(c2nc(OCCCN3CCCCC3)nc3c2CCN(c2cc(O)ccc2C)C3)CC1.C=CC(=O)N1CCN(c2nc(OCCCN3C[C@H]4CC[C@@H]3C4)nc3c2CCN(c2cc(O)cc4ccccc24)C3)CC1. The van der Waals surface area contributed by atoms with Crippen LogP contribution in [0.2, 0.25) is 0 Å². The number of methoxy groups -OCH3 is 1. The molecule has 10 aliphatic rings. The highest BCUT2D eigenvalue weighted by Gasteiger charge is 2.39. The number of phenolic OH excluding ortho intramolecular Hbond substituents is 3. The maximum absolute atomic E-state index is 12.2. The maximum Gasteiger partial charge on any atom is 0.318 e. The van der Waals surface area contributed by atoms with E-state index in [4.69, 9.17) is 48.9 Å². The number of ether oxygens (including phenoxy) is 4. The van der Waals surface area contributed by atoms with Gasteiger partial charge in [-0.15, -0.1) is 0 Å². The van der Waals surface area contributed by atoms with Gasteiger partial charge in [0.05, 0.1) is 63.1 Å². The van der Waals surface area contributed by atoms with E-state index >= 15 is 0 Å². The molecule has 28 nitrogen and oxygen atoms in total. The van der Waals surface area contributed by atoms with Crippen molar-refractivity contribution < 1.29 is 48.7 Å². The van der Waals surface area contributed by atoms with Crippen molar-refractivity contribution in [2.75, 3.05) is 213 Å². The van der Waals surface area contributed by atoms with E-state index in [0.29, 0.717) is 142 Å². The van der Waals surface area contributed by atoms with E-state index in [1.54, 1.807) is 19.2 Å². The smallest absolute Gasteiger partial charge is 0.318 e. The standard InChI is InChI=1S/C33H40N6O3.C32H40N6O4.C29H40N6O3/c1-2-31(41)36-13-15-37(16-14-36)32-28-10-12-39(30-20-26(40)19-24-6-3-4-7-27(24)30)22-29(28)34-33(35-32)42-17-5-11-38-21-23-8-9-25(38)18-23;1-3-30(40)36-12-14-37(15-13-36)31-27-9-11-38(29-19-25(39)18-24-6-4-5-7-26(24)29)21-28(27)33-32(34-31)42-22-23-8-10-35(20-23)16-17-41-2;1-3-27(37)33-15-17-34(18-16-33)28-24-10-14-35(26-20-23(36)9-8-22(26)2)21-25(24)30-29(31-28)38-19-7-13-32-11-5-4-6-12-32/h2-4,6-7,19-20,23,25,40H,1,5,8-18,21-22H2;3-7,18-19,23,39H,1,8-17,20-22H2,2H3;3,8-9,20,36H,1,4-7,10-19,21H2,2H3/t23-,25+;;/m0../s1. The molecule has 6 saturated heterocycles. The molecule has 12 heterocycles. The largest absolute Gasteiger partial charge is 0.508 e. The number of aryl methyl sites for hydroxylation is 1. The predicted octanol–water partition coefficient (Wildman–Crippen LogP) is 10.2. The van der Waals surface area contributed by atoms with Gasteiger partial charge in [0, 0.05) is 213 Å². The van der Waals surface area contributed by atoms with Crippen LogP contribution in [0.15, 0.2) is 129 Å². The lowest BCUT2D eigenvalue weighted by Crippen LogP contribution is -2.49. The second-order valence-electron chi connectivity index (χ2n) is 34.1. The van der Waals surface area contributed by atoms with Gasteiger partial charge in [-0.1, -0.05) is 80.8 Å². The van der Waals surface area contributed by atoms with Crippen LogP contribution in [0.5, 0.6) is 35.3 Å². The van der Waals surface area contributed by atoms with Crippen molar-refractivity contribution in [2.45, 2.75) is 110 Å². The molecule has 3 atom stereocenters. The number of piperidine rings is 2. The molecule has 1 saturated carbocycles. The number of carbonyl (C=O) groups excluding carboxylic acids is 3. The van der Waals surface area contributed by atoms with Crippen LogP contribution >= 0.6 is 0 Å². The highest BCUT2D eigenvalue weighted by Crippen LogP contribution is 2.42. The second kappa shape index (κ2) is 39.4. The Balaban J connectivity index is 0.000000136. The Morgan fingerprint density at radius 2 is 0.902 bits per heavy atom. The molecule has 646 valence electrons. The lowest BCUT2D eigenvalue weighted by Gasteiger charge is -2.38. The van der Waals surface area contributed by atoms with Gasteiger partial charge in [-0.25, -0.2) is 0 Å². The van der Waals surface area contributed by atoms with Gasteiger partial charge >= 0.3 is 18.0 Å². The van der Waals surface area contributed by atoms with E-state index in [9.17, 15) is 29.7 Å². The summed E-state index contributed by atoms with van der Waals surface area (Å²) in [4.78, 5) is 92.9. The summed E-state index contributed by atoms with van der Waals surface area (Å²) in [5.74, 6) is 4.80. The first-order valence-electron chi connectivity index (χ1n) is 44.3. The zero-order chi connectivity index (χ0) is 84.2. The topological polar surface area (TPSA) is 265 Å². The third-order valence-corrected chi connectivity index (χ3v) is 26.2. The Labute approximate surface area is 716 Å². The third-order valence-electron chi connectivity index (χ3n) is 26.2. The monoisotopic (exact) mass is 1660 g/mol. The molecular formula is C94H120N18O10. The first-order chi connectivity index (χ1) is 59.6. The summed E-state index contributed by atoms with van der Waals surface area (Å²) in [7, 11) is 1.74. The second-order valence-corrected chi connectivity index (χ2v) is 34.1. The average Bonchev–Trinajstić information content (AvgIpc) is 1.10. The normalized spacial score (nSPS) is 19.9. The zero-order valence-electron chi connectivity index (χ0n) is 71.2. The number of aromatic nitrogens is 6. The Morgan fingerprint density at radius 1 is 0.443 bits per heavy atom. The number of hydrogen-bond acceptors (Lipinski definition) is 25. The number of carbonyl (C=O) groups is 3. The van der Waals surface area contributed by atoms with Crippen LogP contribution in [0.1, 0.15) is 97.1 Å². The molecule has 0 radical (unpaired) electrons. The first kappa shape index (κ1) is 84.5. The lowest BCUT2D eigenvalue weighted by atomic mass is 10.0. The van der Waals surface area contributed by atoms with Crippen LogP contribution in [0.25, 0.3) is 21.5 Å². The molecule has 3 N–H and O–H groups in total. The lowest BCUT2D eigenvalue weighted by molar-refractivity contribution is -0.127. The van der Waals surface area contributed by atoms with Crippen molar-refractivity contribution in [3.8, 4) is 35.3 Å². The van der Waals surface area contributed by atoms with Crippen molar-refractivity contribution in [2.24, 2.45) is 11.8 Å². The summed E-state index contributed by atoms with van der Waals surface area (Å²) < 4.78 is 23.9. The van der Waals surface area contributed by atoms with Crippen LogP contribution in [0.4, 0.5) is 34.5 Å². The molecule has 122 heavy (non-hydrogen) atoms. The molecule has 28 heteroatoms. The molecule has 7 fully saturated rings. The fourth-order valence-corrected chi connectivity index (χ4v) is 19.6. The fourth-order valence-electron chi connectivity index (χ4n) is 19.6. The number of fused-ring (bicyclic) bond motifs is 7. The zero-order valence-corrected chi connectivity index (χ0v) is 71.2. The number of rotatable bonds is 25. The maximum atomic E-state index is 12.2. The van der Waals surface area contributed by atoms with E-state index in [1.165, 1.54) is 76.4 Å². The molecule has 0 spiro atoms. The summed E-state index contributed by atoms with van der Waals surface area (Å²) in [6.07, 6.45) is 17.6. The van der Waals surface area contributed by atoms with Crippen molar-refractivity contribution in [3.63, 3.8) is 0 Å². The molecule has 1 unspecified atom stereocenters. The van der Waals surface area contributed by atoms with Gasteiger partial charge in [-0.05, 0) is 156 Å². The number of nitrogens with zero attached hydrogens (tertiary/aromatic N) is 18. The minimum absolute atomic E-state index is 0.0239. The summed E-state index contributed by atoms with van der Waals surface area (Å²) >= 11 is 0. The molecule has 8 aromatic rings. The summed E-state index contributed by atoms with van der Waals surface area (Å²) in [5.41, 5.74) is 10.5. The summed E-state index contributed by atoms with van der Waals surface area (Å²) in [5, 5.41) is 35.3. The number of piperazine rings is 3. The van der Waals surface area contributed by atoms with Gasteiger partial charge in [0.15, 0.2) is 0 Å². The number of anilines is 6. The number of phenols is 3. The van der Waals surface area contributed by atoms with Crippen LogP contribution < -0.4 is 43.6 Å². The molecule has 3 amide bonds. The van der Waals surface area contributed by atoms with Crippen LogP contribution in [0.3, 0.4) is 0 Å². The molecule has 5 aromatic carbocycles. The first-order valence-corrected chi connectivity index (χ1v) is 44.3. The van der Waals surface area contributed by atoms with E-state index < -0.39 is 0 Å². The van der Waals surface area contributed by atoms with Crippen molar-refractivity contribution in [3.05, 3.63) is 168 Å². The van der Waals surface area contributed by atoms with E-state index in [2.05, 4.69) is 82.9 Å². The fraction of sp³-hybridized carbons (Fsp3) is 0.500. The number of amides is 3. The number of hydrogen-bond donors (Lipinski definition) is 3.